The van der Waals surface area contributed by atoms with Crippen LogP contribution in [0.1, 0.15) is 29.0 Å². The van der Waals surface area contributed by atoms with Crippen molar-refractivity contribution < 1.29 is 4.42 Å². The summed E-state index contributed by atoms with van der Waals surface area (Å²) in [5, 5.41) is 1.14. The van der Waals surface area contributed by atoms with E-state index in [4.69, 9.17) is 4.42 Å². The van der Waals surface area contributed by atoms with Gasteiger partial charge in [-0.2, -0.15) is 0 Å². The van der Waals surface area contributed by atoms with Gasteiger partial charge in [0.2, 0.25) is 0 Å². The lowest BCUT2D eigenvalue weighted by Crippen LogP contribution is -2.09. The maximum atomic E-state index is 11.7. The van der Waals surface area contributed by atoms with Gasteiger partial charge in [0.15, 0.2) is 0 Å². The summed E-state index contributed by atoms with van der Waals surface area (Å²) in [4.78, 5) is 12.9. The number of hydrogen-bond donors (Lipinski definition) is 0. The zero-order valence-electron chi connectivity index (χ0n) is 8.63. The molecule has 78 valence electrons. The molecule has 0 aliphatic heterocycles. The predicted molar refractivity (Wildman–Crippen MR) is 61.7 cm³/mol. The van der Waals surface area contributed by atoms with Gasteiger partial charge in [0.05, 0.1) is 0 Å². The molecular formula is C12H12O2S. The van der Waals surface area contributed by atoms with Gasteiger partial charge in [0, 0.05) is 16.7 Å². The molecule has 2 heterocycles. The minimum atomic E-state index is -0.149. The molecule has 0 radical (unpaired) electrons. The van der Waals surface area contributed by atoms with Crippen molar-refractivity contribution in [3.63, 3.8) is 0 Å². The van der Waals surface area contributed by atoms with Crippen molar-refractivity contribution in [2.24, 2.45) is 0 Å². The molecule has 0 unspecified atom stereocenters. The number of rotatable bonds is 0. The van der Waals surface area contributed by atoms with Crippen molar-refractivity contribution in [3.05, 3.63) is 32.7 Å². The normalized spacial score (nSPS) is 15.5. The van der Waals surface area contributed by atoms with Crippen LogP contribution in [0.15, 0.2) is 15.3 Å². The lowest BCUT2D eigenvalue weighted by Gasteiger charge is -2.13. The first-order valence-electron chi connectivity index (χ1n) is 5.31. The quantitative estimate of drug-likeness (QED) is 0.683. The topological polar surface area (TPSA) is 30.2 Å². The molecule has 1 aliphatic rings. The summed E-state index contributed by atoms with van der Waals surface area (Å²) in [6, 6.07) is 2.13. The van der Waals surface area contributed by atoms with E-state index in [2.05, 4.69) is 6.07 Å². The lowest BCUT2D eigenvalue weighted by molar-refractivity contribution is 0.437. The van der Waals surface area contributed by atoms with Gasteiger partial charge in [-0.1, -0.05) is 0 Å². The monoisotopic (exact) mass is 220 g/mol. The zero-order valence-corrected chi connectivity index (χ0v) is 9.45. The van der Waals surface area contributed by atoms with E-state index in [1.54, 1.807) is 11.3 Å². The Labute approximate surface area is 91.5 Å². The van der Waals surface area contributed by atoms with Crippen molar-refractivity contribution in [2.75, 3.05) is 0 Å². The first-order chi connectivity index (χ1) is 7.25. The fourth-order valence-corrected chi connectivity index (χ4v) is 3.24. The Morgan fingerprint density at radius 1 is 1.33 bits per heavy atom. The molecule has 0 atom stereocenters. The highest BCUT2D eigenvalue weighted by Crippen LogP contribution is 2.31. The molecule has 0 N–H and O–H groups in total. The van der Waals surface area contributed by atoms with E-state index in [-0.39, 0.29) is 5.63 Å². The number of hydrogen-bond acceptors (Lipinski definition) is 3. The Kier molecular flexibility index (Phi) is 1.96. The molecule has 1 aliphatic carbocycles. The number of thiophene rings is 1. The molecule has 2 aromatic rings. The largest absolute Gasteiger partial charge is 0.427 e. The number of aryl methyl sites for hydroxylation is 3. The van der Waals surface area contributed by atoms with Crippen LogP contribution in [-0.2, 0) is 12.8 Å². The van der Waals surface area contributed by atoms with Crippen LogP contribution >= 0.6 is 11.3 Å². The van der Waals surface area contributed by atoms with Crippen LogP contribution in [0.2, 0.25) is 0 Å². The van der Waals surface area contributed by atoms with E-state index in [9.17, 15) is 4.79 Å². The summed E-state index contributed by atoms with van der Waals surface area (Å²) in [7, 11) is 0. The van der Waals surface area contributed by atoms with Gasteiger partial charge in [-0.05, 0) is 37.8 Å². The Balaban J connectivity index is 2.44. The van der Waals surface area contributed by atoms with Gasteiger partial charge in [0.1, 0.15) is 10.5 Å². The van der Waals surface area contributed by atoms with Crippen molar-refractivity contribution in [3.8, 4) is 0 Å². The van der Waals surface area contributed by atoms with E-state index in [1.807, 2.05) is 6.92 Å². The summed E-state index contributed by atoms with van der Waals surface area (Å²) >= 11 is 1.55. The van der Waals surface area contributed by atoms with Crippen LogP contribution in [0.5, 0.6) is 0 Å². The van der Waals surface area contributed by atoms with Crippen LogP contribution in [0.4, 0.5) is 0 Å². The molecule has 0 fully saturated rings. The number of fused-ring (bicyclic) bond motifs is 3. The van der Waals surface area contributed by atoms with Crippen LogP contribution < -0.4 is 5.63 Å². The summed E-state index contributed by atoms with van der Waals surface area (Å²) in [6.45, 7) is 2.04. The predicted octanol–water partition coefficient (Wildman–Crippen LogP) is 3.04. The second-order valence-corrected chi connectivity index (χ2v) is 5.35. The average molecular weight is 220 g/mol. The SMILES string of the molecule is Cc1cc2c3c(oc(=O)c2s1)CCCC3. The fourth-order valence-electron chi connectivity index (χ4n) is 2.32. The minimum Gasteiger partial charge on any atom is -0.427 e. The van der Waals surface area contributed by atoms with E-state index in [0.717, 1.165) is 35.1 Å². The summed E-state index contributed by atoms with van der Waals surface area (Å²) in [6.07, 6.45) is 4.34. The fraction of sp³-hybridized carbons (Fsp3) is 0.417. The molecular weight excluding hydrogens is 208 g/mol. The summed E-state index contributed by atoms with van der Waals surface area (Å²) in [5.74, 6) is 0.927. The molecule has 3 heteroatoms. The van der Waals surface area contributed by atoms with E-state index in [1.165, 1.54) is 16.9 Å². The van der Waals surface area contributed by atoms with Crippen LogP contribution in [0, 0.1) is 6.92 Å². The average Bonchev–Trinajstić information content (AvgIpc) is 2.61. The highest BCUT2D eigenvalue weighted by atomic mass is 32.1. The second-order valence-electron chi connectivity index (χ2n) is 4.10. The molecule has 2 nitrogen and oxygen atoms in total. The van der Waals surface area contributed by atoms with Crippen LogP contribution in [-0.4, -0.2) is 0 Å². The third-order valence-electron chi connectivity index (χ3n) is 3.00. The standard InChI is InChI=1S/C12H12O2S/c1-7-6-9-8-4-2-3-5-10(8)14-12(13)11(9)15-7/h6H,2-5H2,1H3. The highest BCUT2D eigenvalue weighted by Gasteiger charge is 2.18. The molecule has 0 saturated heterocycles. The van der Waals surface area contributed by atoms with Crippen molar-refractivity contribution in [1.29, 1.82) is 0 Å². The highest BCUT2D eigenvalue weighted by molar-refractivity contribution is 7.18. The Hall–Kier alpha value is -1.09. The van der Waals surface area contributed by atoms with Gasteiger partial charge in [-0.15, -0.1) is 11.3 Å². The molecule has 3 rings (SSSR count). The first kappa shape index (κ1) is 9.16. The maximum Gasteiger partial charge on any atom is 0.354 e. The molecule has 0 spiro atoms. The molecule has 0 amide bonds. The van der Waals surface area contributed by atoms with Crippen LogP contribution in [0.3, 0.4) is 0 Å². The third kappa shape index (κ3) is 1.34. The molecule has 15 heavy (non-hydrogen) atoms. The van der Waals surface area contributed by atoms with Crippen LogP contribution in [0.25, 0.3) is 10.1 Å². The maximum absolute atomic E-state index is 11.7. The zero-order chi connectivity index (χ0) is 10.4. The van der Waals surface area contributed by atoms with Crippen molar-refractivity contribution in [2.45, 2.75) is 32.6 Å². The van der Waals surface area contributed by atoms with Crippen molar-refractivity contribution in [1.82, 2.24) is 0 Å². The van der Waals surface area contributed by atoms with Gasteiger partial charge in [-0.25, -0.2) is 4.79 Å². The third-order valence-corrected chi connectivity index (χ3v) is 4.03. The Morgan fingerprint density at radius 2 is 2.13 bits per heavy atom. The van der Waals surface area contributed by atoms with Gasteiger partial charge < -0.3 is 4.42 Å². The van der Waals surface area contributed by atoms with Gasteiger partial charge in [0.25, 0.3) is 0 Å². The second kappa shape index (κ2) is 3.20. The Bertz CT molecular complexity index is 577. The van der Waals surface area contributed by atoms with Gasteiger partial charge >= 0.3 is 5.63 Å². The minimum absolute atomic E-state index is 0.149. The molecule has 0 aromatic carbocycles. The molecule has 0 bridgehead atoms. The molecule has 2 aromatic heterocycles. The summed E-state index contributed by atoms with van der Waals surface area (Å²) < 4.78 is 6.18. The van der Waals surface area contributed by atoms with E-state index < -0.39 is 0 Å². The smallest absolute Gasteiger partial charge is 0.354 e. The summed E-state index contributed by atoms with van der Waals surface area (Å²) in [5.41, 5.74) is 1.13. The Morgan fingerprint density at radius 3 is 3.00 bits per heavy atom. The first-order valence-corrected chi connectivity index (χ1v) is 6.12. The van der Waals surface area contributed by atoms with E-state index >= 15 is 0 Å². The lowest BCUT2D eigenvalue weighted by atomic mass is 9.95. The van der Waals surface area contributed by atoms with E-state index in [0.29, 0.717) is 0 Å². The van der Waals surface area contributed by atoms with Crippen molar-refractivity contribution >= 4 is 21.4 Å². The van der Waals surface area contributed by atoms with Gasteiger partial charge in [-0.3, -0.25) is 0 Å². The molecule has 0 saturated carbocycles.